The molecule has 1 aliphatic rings. The smallest absolute Gasteiger partial charge is 0.208 e. The van der Waals surface area contributed by atoms with Gasteiger partial charge in [-0.05, 0) is 19.9 Å². The summed E-state index contributed by atoms with van der Waals surface area (Å²) in [6, 6.07) is 2.01. The molecule has 2 aromatic heterocycles. The summed E-state index contributed by atoms with van der Waals surface area (Å²) in [7, 11) is -3.20. The van der Waals surface area contributed by atoms with Gasteiger partial charge in [0.25, 0.3) is 0 Å². The van der Waals surface area contributed by atoms with Crippen molar-refractivity contribution in [3.8, 4) is 0 Å². The molecule has 0 bridgehead atoms. The summed E-state index contributed by atoms with van der Waals surface area (Å²) in [5.74, 6) is 0.970. The number of rotatable bonds is 5. The normalized spacial score (nSPS) is 19.2. The standard InChI is InChI=1S/C15H23N5O3S/c1-11-15(12(2)23-18-11)10-19-7-13(6-17-24(3,21)22)8-20-14(9-19)4-5-16-20/h4-5,13,17H,6-10H2,1-3H3. The van der Waals surface area contributed by atoms with E-state index >= 15 is 0 Å². The van der Waals surface area contributed by atoms with Gasteiger partial charge in [-0.15, -0.1) is 0 Å². The second-order valence-electron chi connectivity index (χ2n) is 6.46. The molecule has 2 aromatic rings. The number of nitrogens with zero attached hydrogens (tertiary/aromatic N) is 4. The molecule has 0 aromatic carbocycles. The van der Waals surface area contributed by atoms with E-state index in [9.17, 15) is 8.42 Å². The van der Waals surface area contributed by atoms with Crippen LogP contribution in [0.4, 0.5) is 0 Å². The molecule has 24 heavy (non-hydrogen) atoms. The zero-order chi connectivity index (χ0) is 17.3. The molecule has 0 fully saturated rings. The Labute approximate surface area is 141 Å². The van der Waals surface area contributed by atoms with E-state index in [1.54, 1.807) is 6.20 Å². The van der Waals surface area contributed by atoms with Gasteiger partial charge >= 0.3 is 0 Å². The minimum absolute atomic E-state index is 0.140. The predicted molar refractivity (Wildman–Crippen MR) is 88.7 cm³/mol. The third-order valence-electron chi connectivity index (χ3n) is 4.33. The number of sulfonamides is 1. The van der Waals surface area contributed by atoms with Gasteiger partial charge in [0.1, 0.15) is 5.76 Å². The minimum atomic E-state index is -3.20. The molecule has 0 saturated carbocycles. The Hall–Kier alpha value is -1.71. The largest absolute Gasteiger partial charge is 0.361 e. The molecule has 132 valence electrons. The van der Waals surface area contributed by atoms with Crippen LogP contribution in [-0.2, 0) is 29.7 Å². The minimum Gasteiger partial charge on any atom is -0.361 e. The van der Waals surface area contributed by atoms with Crippen LogP contribution in [-0.4, -0.2) is 47.6 Å². The summed E-state index contributed by atoms with van der Waals surface area (Å²) < 4.78 is 32.7. The Bertz CT molecular complexity index is 791. The monoisotopic (exact) mass is 353 g/mol. The second kappa shape index (κ2) is 6.66. The summed E-state index contributed by atoms with van der Waals surface area (Å²) in [6.07, 6.45) is 2.97. The van der Waals surface area contributed by atoms with Gasteiger partial charge < -0.3 is 4.52 Å². The third-order valence-corrected chi connectivity index (χ3v) is 5.03. The summed E-state index contributed by atoms with van der Waals surface area (Å²) in [5, 5.41) is 8.38. The van der Waals surface area contributed by atoms with Crippen molar-refractivity contribution >= 4 is 10.0 Å². The predicted octanol–water partition coefficient (Wildman–Crippen LogP) is 0.669. The third kappa shape index (κ3) is 4.03. The van der Waals surface area contributed by atoms with E-state index in [4.69, 9.17) is 4.52 Å². The van der Waals surface area contributed by atoms with Gasteiger partial charge in [-0.3, -0.25) is 9.58 Å². The molecule has 3 heterocycles. The van der Waals surface area contributed by atoms with Crippen LogP contribution in [0.25, 0.3) is 0 Å². The van der Waals surface area contributed by atoms with Crippen molar-refractivity contribution in [2.24, 2.45) is 5.92 Å². The van der Waals surface area contributed by atoms with Crippen molar-refractivity contribution in [2.75, 3.05) is 19.3 Å². The summed E-state index contributed by atoms with van der Waals surface area (Å²) in [4.78, 5) is 2.29. The van der Waals surface area contributed by atoms with Crippen LogP contribution in [0.15, 0.2) is 16.8 Å². The van der Waals surface area contributed by atoms with Gasteiger partial charge in [-0.2, -0.15) is 5.10 Å². The molecule has 1 aliphatic heterocycles. The highest BCUT2D eigenvalue weighted by atomic mass is 32.2. The van der Waals surface area contributed by atoms with E-state index in [-0.39, 0.29) is 5.92 Å². The van der Waals surface area contributed by atoms with Crippen molar-refractivity contribution < 1.29 is 12.9 Å². The van der Waals surface area contributed by atoms with E-state index in [1.165, 1.54) is 6.26 Å². The lowest BCUT2D eigenvalue weighted by molar-refractivity contribution is 0.220. The maximum Gasteiger partial charge on any atom is 0.208 e. The first-order chi connectivity index (χ1) is 11.3. The van der Waals surface area contributed by atoms with Crippen LogP contribution >= 0.6 is 0 Å². The van der Waals surface area contributed by atoms with Gasteiger partial charge in [0.2, 0.25) is 10.0 Å². The first-order valence-electron chi connectivity index (χ1n) is 7.91. The molecule has 0 saturated heterocycles. The van der Waals surface area contributed by atoms with Crippen molar-refractivity contribution in [2.45, 2.75) is 33.5 Å². The fourth-order valence-corrected chi connectivity index (χ4v) is 3.63. The van der Waals surface area contributed by atoms with Crippen LogP contribution in [0.5, 0.6) is 0 Å². The lowest BCUT2D eigenvalue weighted by atomic mass is 10.1. The Kier molecular flexibility index (Phi) is 4.75. The molecule has 0 spiro atoms. The van der Waals surface area contributed by atoms with Crippen LogP contribution in [0, 0.1) is 19.8 Å². The Balaban J connectivity index is 1.78. The van der Waals surface area contributed by atoms with E-state index in [0.717, 1.165) is 42.3 Å². The average molecular weight is 353 g/mol. The van der Waals surface area contributed by atoms with Crippen molar-refractivity contribution in [3.63, 3.8) is 0 Å². The van der Waals surface area contributed by atoms with E-state index in [1.807, 2.05) is 24.6 Å². The van der Waals surface area contributed by atoms with Crippen molar-refractivity contribution in [1.82, 2.24) is 24.6 Å². The number of fused-ring (bicyclic) bond motifs is 1. The molecule has 3 rings (SSSR count). The quantitative estimate of drug-likeness (QED) is 0.849. The first kappa shape index (κ1) is 17.1. The van der Waals surface area contributed by atoms with Crippen LogP contribution in [0.3, 0.4) is 0 Å². The molecule has 0 radical (unpaired) electrons. The Morgan fingerprint density at radius 2 is 2.17 bits per heavy atom. The van der Waals surface area contributed by atoms with Gasteiger partial charge in [0.15, 0.2) is 0 Å². The van der Waals surface area contributed by atoms with Gasteiger partial charge in [0, 0.05) is 50.4 Å². The highest BCUT2D eigenvalue weighted by Crippen LogP contribution is 2.21. The number of aromatic nitrogens is 3. The Morgan fingerprint density at radius 3 is 2.83 bits per heavy atom. The summed E-state index contributed by atoms with van der Waals surface area (Å²) in [6.45, 7) is 7.22. The Morgan fingerprint density at radius 1 is 1.38 bits per heavy atom. The number of hydrogen-bond donors (Lipinski definition) is 1. The number of aryl methyl sites for hydroxylation is 2. The highest BCUT2D eigenvalue weighted by Gasteiger charge is 2.24. The maximum atomic E-state index is 11.4. The van der Waals surface area contributed by atoms with Gasteiger partial charge in [-0.1, -0.05) is 5.16 Å². The molecule has 0 amide bonds. The van der Waals surface area contributed by atoms with Gasteiger partial charge in [0.05, 0.1) is 17.6 Å². The fourth-order valence-electron chi connectivity index (χ4n) is 3.09. The van der Waals surface area contributed by atoms with E-state index in [0.29, 0.717) is 13.1 Å². The van der Waals surface area contributed by atoms with Crippen LogP contribution < -0.4 is 4.72 Å². The molecule has 9 heteroatoms. The van der Waals surface area contributed by atoms with Gasteiger partial charge in [-0.25, -0.2) is 13.1 Å². The summed E-state index contributed by atoms with van der Waals surface area (Å²) >= 11 is 0. The number of nitrogens with one attached hydrogen (secondary N) is 1. The first-order valence-corrected chi connectivity index (χ1v) is 9.80. The highest BCUT2D eigenvalue weighted by molar-refractivity contribution is 7.88. The lowest BCUT2D eigenvalue weighted by Crippen LogP contribution is -2.36. The lowest BCUT2D eigenvalue weighted by Gasteiger charge is -2.23. The molecule has 8 nitrogen and oxygen atoms in total. The zero-order valence-electron chi connectivity index (χ0n) is 14.2. The molecule has 1 unspecified atom stereocenters. The maximum absolute atomic E-state index is 11.4. The molecule has 1 N–H and O–H groups in total. The number of hydrogen-bond acceptors (Lipinski definition) is 6. The second-order valence-corrected chi connectivity index (χ2v) is 8.30. The SMILES string of the molecule is Cc1noc(C)c1CN1Cc2ccnn2CC(CNS(C)(=O)=O)C1. The van der Waals surface area contributed by atoms with Crippen LogP contribution in [0.2, 0.25) is 0 Å². The summed E-state index contributed by atoms with van der Waals surface area (Å²) in [5.41, 5.74) is 3.12. The van der Waals surface area contributed by atoms with E-state index < -0.39 is 10.0 Å². The molecular formula is C15H23N5O3S. The van der Waals surface area contributed by atoms with Crippen molar-refractivity contribution in [1.29, 1.82) is 0 Å². The molecular weight excluding hydrogens is 330 g/mol. The average Bonchev–Trinajstić information content (AvgIpc) is 3.00. The van der Waals surface area contributed by atoms with Crippen molar-refractivity contribution in [3.05, 3.63) is 35.0 Å². The topological polar surface area (TPSA) is 93.3 Å². The van der Waals surface area contributed by atoms with E-state index in [2.05, 4.69) is 19.9 Å². The molecule has 1 atom stereocenters. The zero-order valence-corrected chi connectivity index (χ0v) is 15.0. The fraction of sp³-hybridized carbons (Fsp3) is 0.600. The molecule has 0 aliphatic carbocycles. The van der Waals surface area contributed by atoms with Crippen LogP contribution in [0.1, 0.15) is 22.7 Å².